The Morgan fingerprint density at radius 3 is 2.22 bits per heavy atom. The quantitative estimate of drug-likeness (QED) is 0.510. The standard InChI is InChI=1S/C13H16N4OS.2C2H6/c1-18-11-4-2-10(3-5-11)9-19-12-6-7-17(15)13(8-12)16-14;2*1-2/h2-8H,9,14-15H2,1H3;2*1-2H3/b16-13-;;. The monoisotopic (exact) mass is 336 g/mol. The van der Waals surface area contributed by atoms with Gasteiger partial charge >= 0.3 is 0 Å². The molecule has 1 aromatic carbocycles. The maximum absolute atomic E-state index is 5.66. The lowest BCUT2D eigenvalue weighted by Crippen LogP contribution is -2.28. The molecule has 6 heteroatoms. The second-order valence-corrected chi connectivity index (χ2v) is 4.94. The number of rotatable bonds is 4. The summed E-state index contributed by atoms with van der Waals surface area (Å²) in [5.74, 6) is 12.6. The van der Waals surface area contributed by atoms with Crippen LogP contribution in [-0.2, 0) is 5.75 Å². The van der Waals surface area contributed by atoms with Gasteiger partial charge in [0.1, 0.15) is 5.75 Å². The number of nitrogen functional groups attached to an aromatic ring is 1. The van der Waals surface area contributed by atoms with Crippen LogP contribution in [0.2, 0.25) is 0 Å². The number of methoxy groups -OCH3 is 1. The first-order valence-corrected chi connectivity index (χ1v) is 8.69. The van der Waals surface area contributed by atoms with E-state index in [0.717, 1.165) is 16.4 Å². The zero-order valence-electron chi connectivity index (χ0n) is 14.6. The fraction of sp³-hybridized carbons (Fsp3) is 0.353. The summed E-state index contributed by atoms with van der Waals surface area (Å²) >= 11 is 1.70. The highest BCUT2D eigenvalue weighted by molar-refractivity contribution is 7.98. The number of aromatic nitrogens is 1. The molecule has 23 heavy (non-hydrogen) atoms. The van der Waals surface area contributed by atoms with E-state index in [1.54, 1.807) is 25.1 Å². The summed E-state index contributed by atoms with van der Waals surface area (Å²) in [5, 5.41) is 3.62. The highest BCUT2D eigenvalue weighted by Crippen LogP contribution is 2.22. The minimum absolute atomic E-state index is 0.541. The van der Waals surface area contributed by atoms with E-state index >= 15 is 0 Å². The minimum atomic E-state index is 0.541. The van der Waals surface area contributed by atoms with Crippen LogP contribution in [0.4, 0.5) is 0 Å². The van der Waals surface area contributed by atoms with Gasteiger partial charge in [-0.1, -0.05) is 39.8 Å². The molecule has 0 unspecified atom stereocenters. The van der Waals surface area contributed by atoms with E-state index in [9.17, 15) is 0 Å². The zero-order chi connectivity index (χ0) is 17.7. The normalized spacial score (nSPS) is 10.0. The Morgan fingerprint density at radius 2 is 1.70 bits per heavy atom. The van der Waals surface area contributed by atoms with Crippen LogP contribution in [0.25, 0.3) is 0 Å². The van der Waals surface area contributed by atoms with Gasteiger partial charge in [-0.15, -0.1) is 11.8 Å². The Balaban J connectivity index is 0.00000112. The van der Waals surface area contributed by atoms with Crippen LogP contribution in [0, 0.1) is 0 Å². The molecule has 5 nitrogen and oxygen atoms in total. The molecular formula is C17H28N4OS. The number of hydrogen-bond acceptors (Lipinski definition) is 5. The molecule has 0 spiro atoms. The number of hydrogen-bond donors (Lipinski definition) is 2. The lowest BCUT2D eigenvalue weighted by Gasteiger charge is -2.05. The van der Waals surface area contributed by atoms with Crippen LogP contribution in [0.15, 0.2) is 52.6 Å². The van der Waals surface area contributed by atoms with Crippen molar-refractivity contribution in [3.05, 3.63) is 53.6 Å². The highest BCUT2D eigenvalue weighted by Gasteiger charge is 1.99. The van der Waals surface area contributed by atoms with Crippen molar-refractivity contribution >= 4 is 11.8 Å². The smallest absolute Gasteiger partial charge is 0.171 e. The first-order chi connectivity index (χ1) is 11.2. The molecule has 0 aliphatic carbocycles. The van der Waals surface area contributed by atoms with Gasteiger partial charge in [-0.3, -0.25) is 4.68 Å². The number of nitrogens with two attached hydrogens (primary N) is 2. The topological polar surface area (TPSA) is 78.6 Å². The highest BCUT2D eigenvalue weighted by atomic mass is 32.2. The van der Waals surface area contributed by atoms with Crippen molar-refractivity contribution in [1.29, 1.82) is 0 Å². The van der Waals surface area contributed by atoms with Gasteiger partial charge in [0.05, 0.1) is 7.11 Å². The predicted molar refractivity (Wildman–Crippen MR) is 99.6 cm³/mol. The first-order valence-electron chi connectivity index (χ1n) is 7.70. The molecule has 4 N–H and O–H groups in total. The van der Waals surface area contributed by atoms with Crippen LogP contribution >= 0.6 is 11.8 Å². The fourth-order valence-electron chi connectivity index (χ4n) is 1.56. The molecule has 0 saturated heterocycles. The lowest BCUT2D eigenvalue weighted by atomic mass is 10.2. The Labute approximate surface area is 143 Å². The van der Waals surface area contributed by atoms with Crippen LogP contribution in [0.1, 0.15) is 33.3 Å². The molecule has 0 fully saturated rings. The van der Waals surface area contributed by atoms with Crippen molar-refractivity contribution in [3.63, 3.8) is 0 Å². The van der Waals surface area contributed by atoms with Crippen LogP contribution in [-0.4, -0.2) is 11.8 Å². The number of thioether (sulfide) groups is 1. The molecule has 0 atom stereocenters. The van der Waals surface area contributed by atoms with Gasteiger partial charge in [0.25, 0.3) is 0 Å². The molecule has 0 saturated carbocycles. The van der Waals surface area contributed by atoms with Crippen molar-refractivity contribution in [2.45, 2.75) is 38.3 Å². The van der Waals surface area contributed by atoms with E-state index in [4.69, 9.17) is 16.4 Å². The molecule has 0 aliphatic heterocycles. The van der Waals surface area contributed by atoms with Gasteiger partial charge in [-0.2, -0.15) is 5.10 Å². The molecule has 128 valence electrons. The Bertz CT molecular complexity index is 609. The zero-order valence-corrected chi connectivity index (χ0v) is 15.4. The summed E-state index contributed by atoms with van der Waals surface area (Å²) in [5.41, 5.74) is 1.77. The van der Waals surface area contributed by atoms with Crippen molar-refractivity contribution in [3.8, 4) is 5.75 Å². The third-order valence-electron chi connectivity index (χ3n) is 2.63. The summed E-state index contributed by atoms with van der Waals surface area (Å²) in [6.07, 6.45) is 1.74. The molecule has 0 radical (unpaired) electrons. The van der Waals surface area contributed by atoms with Crippen LogP contribution < -0.4 is 21.9 Å². The lowest BCUT2D eigenvalue weighted by molar-refractivity contribution is 0.414. The molecule has 0 amide bonds. The SMILES string of the molecule is CC.CC.COc1ccc(CSc2ccn(N)/c(=N\N)c2)cc1. The van der Waals surface area contributed by atoms with Gasteiger partial charge in [-0.05, 0) is 29.8 Å². The van der Waals surface area contributed by atoms with E-state index in [-0.39, 0.29) is 0 Å². The van der Waals surface area contributed by atoms with Gasteiger partial charge in [0.15, 0.2) is 5.49 Å². The number of nitrogens with zero attached hydrogens (tertiary/aromatic N) is 2. The number of ether oxygens (including phenoxy) is 1. The Morgan fingerprint density at radius 1 is 1.09 bits per heavy atom. The van der Waals surface area contributed by atoms with Crippen LogP contribution in [0.5, 0.6) is 5.75 Å². The van der Waals surface area contributed by atoms with Crippen molar-refractivity contribution in [2.24, 2.45) is 10.9 Å². The molecule has 0 aliphatic rings. The molecular weight excluding hydrogens is 308 g/mol. The van der Waals surface area contributed by atoms with Gasteiger partial charge < -0.3 is 16.4 Å². The second kappa shape index (κ2) is 12.5. The Kier molecular flexibility index (Phi) is 11.3. The summed E-state index contributed by atoms with van der Waals surface area (Å²) in [6, 6.07) is 11.8. The van der Waals surface area contributed by atoms with Gasteiger partial charge in [0.2, 0.25) is 0 Å². The van der Waals surface area contributed by atoms with Crippen molar-refractivity contribution < 1.29 is 4.74 Å². The van der Waals surface area contributed by atoms with Gasteiger partial charge in [-0.25, -0.2) is 0 Å². The fourth-order valence-corrected chi connectivity index (χ4v) is 2.43. The number of benzene rings is 1. The van der Waals surface area contributed by atoms with E-state index in [1.165, 1.54) is 10.2 Å². The third kappa shape index (κ3) is 7.15. The molecule has 1 heterocycles. The third-order valence-corrected chi connectivity index (χ3v) is 3.70. The van der Waals surface area contributed by atoms with E-state index in [1.807, 2.05) is 64.1 Å². The summed E-state index contributed by atoms with van der Waals surface area (Å²) in [4.78, 5) is 1.07. The largest absolute Gasteiger partial charge is 0.497 e. The average molecular weight is 337 g/mol. The summed E-state index contributed by atoms with van der Waals surface area (Å²) < 4.78 is 6.51. The predicted octanol–water partition coefficient (Wildman–Crippen LogP) is 3.33. The van der Waals surface area contributed by atoms with E-state index < -0.39 is 0 Å². The second-order valence-electron chi connectivity index (χ2n) is 3.89. The minimum Gasteiger partial charge on any atom is -0.497 e. The average Bonchev–Trinajstić information content (AvgIpc) is 2.64. The molecule has 1 aromatic heterocycles. The maximum Gasteiger partial charge on any atom is 0.171 e. The molecule has 0 bridgehead atoms. The summed E-state index contributed by atoms with van der Waals surface area (Å²) in [7, 11) is 1.66. The van der Waals surface area contributed by atoms with Crippen molar-refractivity contribution in [1.82, 2.24) is 4.68 Å². The number of pyridine rings is 1. The first kappa shape index (κ1) is 20.9. The Hall–Kier alpha value is -2.08. The van der Waals surface area contributed by atoms with E-state index in [2.05, 4.69) is 5.10 Å². The van der Waals surface area contributed by atoms with Gasteiger partial charge in [0, 0.05) is 16.8 Å². The maximum atomic E-state index is 5.66. The van der Waals surface area contributed by atoms with Crippen molar-refractivity contribution in [2.75, 3.05) is 13.0 Å². The van der Waals surface area contributed by atoms with E-state index in [0.29, 0.717) is 5.49 Å². The van der Waals surface area contributed by atoms with Crippen LogP contribution in [0.3, 0.4) is 0 Å². The molecule has 2 aromatic rings. The molecule has 2 rings (SSSR count). The summed E-state index contributed by atoms with van der Waals surface area (Å²) in [6.45, 7) is 8.00.